The Kier molecular flexibility index (Phi) is 6.38. The molecule has 2 aromatic carbocycles. The first kappa shape index (κ1) is 23.2. The van der Waals surface area contributed by atoms with Gasteiger partial charge >= 0.3 is 0 Å². The van der Waals surface area contributed by atoms with Crippen LogP contribution in [0.25, 0.3) is 21.3 Å². The van der Waals surface area contributed by atoms with Crippen molar-refractivity contribution in [1.29, 1.82) is 0 Å². The number of hydrogen-bond donors (Lipinski definition) is 2. The van der Waals surface area contributed by atoms with Crippen LogP contribution in [-0.4, -0.2) is 29.0 Å². The second-order valence-electron chi connectivity index (χ2n) is 9.13. The Hall–Kier alpha value is -3.52. The van der Waals surface area contributed by atoms with Crippen LogP contribution in [-0.2, 0) is 4.79 Å². The van der Waals surface area contributed by atoms with Gasteiger partial charge in [-0.05, 0) is 49.9 Å². The number of carbonyl (C=O) groups is 1. The van der Waals surface area contributed by atoms with Crippen LogP contribution in [0.1, 0.15) is 36.9 Å². The smallest absolute Gasteiger partial charge is 0.270 e. The summed E-state index contributed by atoms with van der Waals surface area (Å²) in [5, 5.41) is 5.04. The van der Waals surface area contributed by atoms with Crippen LogP contribution in [0, 0.1) is 18.7 Å². The Bertz CT molecular complexity index is 1420. The van der Waals surface area contributed by atoms with Crippen molar-refractivity contribution >= 4 is 33.4 Å². The number of H-pyrrole nitrogens is 1. The molecule has 0 bridgehead atoms. The monoisotopic (exact) mass is 490 g/mol. The summed E-state index contributed by atoms with van der Waals surface area (Å²) in [6.07, 6.45) is 1.33. The van der Waals surface area contributed by atoms with Gasteiger partial charge in [-0.1, -0.05) is 42.0 Å². The highest BCUT2D eigenvalue weighted by Crippen LogP contribution is 2.32. The molecular weight excluding hydrogens is 463 g/mol. The summed E-state index contributed by atoms with van der Waals surface area (Å²) in [6, 6.07) is 14.2. The highest BCUT2D eigenvalue weighted by molar-refractivity contribution is 7.17. The lowest BCUT2D eigenvalue weighted by Crippen LogP contribution is -2.42. The standard InChI is InChI=1S/C27H27FN4O2S/c1-16-4-3-5-20(14-16)22-15-35-24-23(22)30-27(31-26(24)34)32-12-10-19(11-13-32)25(33)29-17(2)18-6-8-21(28)9-7-18/h3-9,14-15,17,19H,10-13H2,1-2H3,(H,29,33)(H,30,31,34). The molecule has 35 heavy (non-hydrogen) atoms. The molecule has 180 valence electrons. The second kappa shape index (κ2) is 9.62. The minimum absolute atomic E-state index is 0.00190. The van der Waals surface area contributed by atoms with Crippen molar-refractivity contribution in [2.45, 2.75) is 32.7 Å². The summed E-state index contributed by atoms with van der Waals surface area (Å²) in [5.41, 5.74) is 4.61. The molecule has 1 aliphatic rings. The van der Waals surface area contributed by atoms with Gasteiger partial charge in [-0.25, -0.2) is 9.37 Å². The Morgan fingerprint density at radius 3 is 2.66 bits per heavy atom. The maximum atomic E-state index is 13.2. The predicted octanol–water partition coefficient (Wildman–Crippen LogP) is 5.19. The van der Waals surface area contributed by atoms with E-state index >= 15 is 0 Å². The van der Waals surface area contributed by atoms with E-state index < -0.39 is 0 Å². The summed E-state index contributed by atoms with van der Waals surface area (Å²) in [4.78, 5) is 35.5. The minimum atomic E-state index is -0.294. The van der Waals surface area contributed by atoms with Crippen LogP contribution in [0.2, 0.25) is 0 Å². The van der Waals surface area contributed by atoms with Crippen molar-refractivity contribution in [3.63, 3.8) is 0 Å². The molecular formula is C27H27FN4O2S. The van der Waals surface area contributed by atoms with Crippen LogP contribution in [0.5, 0.6) is 0 Å². The van der Waals surface area contributed by atoms with Crippen molar-refractivity contribution in [1.82, 2.24) is 15.3 Å². The van der Waals surface area contributed by atoms with Crippen LogP contribution in [0.3, 0.4) is 0 Å². The molecule has 6 nitrogen and oxygen atoms in total. The van der Waals surface area contributed by atoms with E-state index in [1.54, 1.807) is 12.1 Å². The third-order valence-corrected chi connectivity index (χ3v) is 7.61. The van der Waals surface area contributed by atoms with Gasteiger partial charge in [0.05, 0.1) is 11.6 Å². The van der Waals surface area contributed by atoms with E-state index in [1.165, 1.54) is 23.5 Å². The fraction of sp³-hybridized carbons (Fsp3) is 0.296. The first-order valence-corrected chi connectivity index (χ1v) is 12.7. The average molecular weight is 491 g/mol. The first-order valence-electron chi connectivity index (χ1n) is 11.8. The van der Waals surface area contributed by atoms with Gasteiger partial charge in [0.2, 0.25) is 11.9 Å². The van der Waals surface area contributed by atoms with Gasteiger partial charge in [-0.15, -0.1) is 11.3 Å². The molecule has 1 aliphatic heterocycles. The fourth-order valence-electron chi connectivity index (χ4n) is 4.60. The highest BCUT2D eigenvalue weighted by Gasteiger charge is 2.27. The summed E-state index contributed by atoms with van der Waals surface area (Å²) in [6.45, 7) is 5.20. The molecule has 1 saturated heterocycles. The molecule has 1 unspecified atom stereocenters. The third-order valence-electron chi connectivity index (χ3n) is 6.64. The molecule has 2 aromatic heterocycles. The SMILES string of the molecule is Cc1cccc(-c2csc3c(=O)[nH]c(N4CCC(C(=O)NC(C)c5ccc(F)cc5)CC4)nc23)c1. The summed E-state index contributed by atoms with van der Waals surface area (Å²) in [5.74, 6) is 0.137. The van der Waals surface area contributed by atoms with E-state index in [1.807, 2.05) is 42.3 Å². The van der Waals surface area contributed by atoms with E-state index in [-0.39, 0.29) is 29.2 Å². The van der Waals surface area contributed by atoms with Crippen LogP contribution >= 0.6 is 11.3 Å². The van der Waals surface area contributed by atoms with E-state index in [4.69, 9.17) is 4.98 Å². The second-order valence-corrected chi connectivity index (χ2v) is 10.0. The molecule has 0 aliphatic carbocycles. The zero-order valence-corrected chi connectivity index (χ0v) is 20.5. The van der Waals surface area contributed by atoms with Crippen molar-refractivity contribution in [2.24, 2.45) is 5.92 Å². The molecule has 2 N–H and O–H groups in total. The molecule has 1 amide bonds. The number of aryl methyl sites for hydroxylation is 1. The lowest BCUT2D eigenvalue weighted by atomic mass is 9.95. The van der Waals surface area contributed by atoms with E-state index in [9.17, 15) is 14.0 Å². The van der Waals surface area contributed by atoms with Crippen molar-refractivity contribution in [3.8, 4) is 11.1 Å². The van der Waals surface area contributed by atoms with Crippen molar-refractivity contribution in [2.75, 3.05) is 18.0 Å². The number of halogens is 1. The number of carbonyl (C=O) groups excluding carboxylic acids is 1. The molecule has 4 aromatic rings. The Morgan fingerprint density at radius 1 is 1.20 bits per heavy atom. The summed E-state index contributed by atoms with van der Waals surface area (Å²) in [7, 11) is 0. The Morgan fingerprint density at radius 2 is 1.94 bits per heavy atom. The summed E-state index contributed by atoms with van der Waals surface area (Å²) < 4.78 is 13.8. The van der Waals surface area contributed by atoms with Crippen LogP contribution in [0.4, 0.5) is 10.3 Å². The molecule has 0 spiro atoms. The Labute approximate surface area is 206 Å². The number of aromatic amines is 1. The van der Waals surface area contributed by atoms with Gasteiger partial charge in [-0.3, -0.25) is 14.6 Å². The molecule has 3 heterocycles. The number of anilines is 1. The lowest BCUT2D eigenvalue weighted by molar-refractivity contribution is -0.126. The molecule has 1 fully saturated rings. The minimum Gasteiger partial charge on any atom is -0.349 e. The van der Waals surface area contributed by atoms with Gasteiger partial charge in [0.25, 0.3) is 5.56 Å². The van der Waals surface area contributed by atoms with Gasteiger partial charge in [0, 0.05) is 30.0 Å². The average Bonchev–Trinajstić information content (AvgIpc) is 3.29. The van der Waals surface area contributed by atoms with Crippen LogP contribution < -0.4 is 15.8 Å². The number of nitrogens with one attached hydrogen (secondary N) is 2. The van der Waals surface area contributed by atoms with Gasteiger partial charge in [-0.2, -0.15) is 0 Å². The van der Waals surface area contributed by atoms with Crippen LogP contribution in [0.15, 0.2) is 58.7 Å². The molecule has 5 rings (SSSR count). The molecule has 8 heteroatoms. The first-order chi connectivity index (χ1) is 16.9. The zero-order chi connectivity index (χ0) is 24.5. The topological polar surface area (TPSA) is 78.1 Å². The third kappa shape index (κ3) is 4.84. The maximum Gasteiger partial charge on any atom is 0.270 e. The molecule has 0 saturated carbocycles. The number of benzene rings is 2. The number of thiophene rings is 1. The maximum absolute atomic E-state index is 13.2. The number of rotatable bonds is 5. The lowest BCUT2D eigenvalue weighted by Gasteiger charge is -2.32. The number of aromatic nitrogens is 2. The molecule has 0 radical (unpaired) electrons. The van der Waals surface area contributed by atoms with Gasteiger partial charge < -0.3 is 10.2 Å². The van der Waals surface area contributed by atoms with Crippen molar-refractivity contribution in [3.05, 3.63) is 81.2 Å². The number of piperidine rings is 1. The highest BCUT2D eigenvalue weighted by atomic mass is 32.1. The zero-order valence-electron chi connectivity index (χ0n) is 19.7. The number of fused-ring (bicyclic) bond motifs is 1. The van der Waals surface area contributed by atoms with E-state index in [0.29, 0.717) is 42.1 Å². The van der Waals surface area contributed by atoms with E-state index in [0.717, 1.165) is 22.3 Å². The predicted molar refractivity (Wildman–Crippen MR) is 138 cm³/mol. The van der Waals surface area contributed by atoms with E-state index in [2.05, 4.69) is 16.4 Å². The molecule has 1 atom stereocenters. The number of nitrogens with zero attached hydrogens (tertiary/aromatic N) is 2. The number of amides is 1. The largest absolute Gasteiger partial charge is 0.349 e. The fourth-order valence-corrected chi connectivity index (χ4v) is 5.51. The quantitative estimate of drug-likeness (QED) is 0.403. The normalized spacial score (nSPS) is 15.3. The number of hydrogen-bond acceptors (Lipinski definition) is 5. The van der Waals surface area contributed by atoms with Crippen molar-refractivity contribution < 1.29 is 9.18 Å². The summed E-state index contributed by atoms with van der Waals surface area (Å²) >= 11 is 1.41. The van der Waals surface area contributed by atoms with Gasteiger partial charge in [0.1, 0.15) is 10.5 Å². The van der Waals surface area contributed by atoms with Gasteiger partial charge in [0.15, 0.2) is 0 Å². The Balaban J connectivity index is 1.29.